The van der Waals surface area contributed by atoms with E-state index < -0.39 is 5.74 Å². The molecule has 0 bridgehead atoms. The first-order chi connectivity index (χ1) is 11.2. The molecule has 0 amide bonds. The quantitative estimate of drug-likeness (QED) is 0.525. The number of benzene rings is 3. The average Bonchev–Trinajstić information content (AvgIpc) is 2.64. The Hall–Kier alpha value is -1.59. The third kappa shape index (κ3) is 3.67. The van der Waals surface area contributed by atoms with E-state index in [0.29, 0.717) is 0 Å². The van der Waals surface area contributed by atoms with Crippen molar-refractivity contribution in [3.8, 4) is 0 Å². The molecule has 0 heterocycles. The molecule has 3 rings (SSSR count). The van der Waals surface area contributed by atoms with Gasteiger partial charge in [0, 0.05) is 0 Å². The standard InChI is InChI=1S/C20H19NPSe/c1-17(18-11-5-2-6-12-18)21-22(23,19-13-7-3-8-14-19)20-15-9-4-10-16-20/h2-17H,1H3/q-1/p+1/t17-/m0/s1. The summed E-state index contributed by atoms with van der Waals surface area (Å²) in [5.41, 5.74) is 1.30. The van der Waals surface area contributed by atoms with Crippen LogP contribution < -0.4 is 15.4 Å². The Morgan fingerprint density at radius 2 is 1.09 bits per heavy atom. The topological polar surface area (TPSA) is 14.0 Å². The summed E-state index contributed by atoms with van der Waals surface area (Å²) < 4.78 is 3.90. The summed E-state index contributed by atoms with van der Waals surface area (Å²) in [6, 6.07) is 32.3. The van der Waals surface area contributed by atoms with Gasteiger partial charge in [-0.25, -0.2) is 0 Å². The molecule has 3 aromatic rings. The molecule has 0 aliphatic carbocycles. The maximum absolute atomic E-state index is 3.90. The second-order valence-corrected chi connectivity index (χ2v) is 11.5. The van der Waals surface area contributed by atoms with E-state index in [1.54, 1.807) is 0 Å². The third-order valence-corrected chi connectivity index (χ3v) is 10.0. The van der Waals surface area contributed by atoms with Crippen LogP contribution in [0.4, 0.5) is 0 Å². The van der Waals surface area contributed by atoms with Gasteiger partial charge >= 0.3 is 146 Å². The van der Waals surface area contributed by atoms with E-state index >= 15 is 0 Å². The van der Waals surface area contributed by atoms with Gasteiger partial charge in [0.2, 0.25) is 0 Å². The van der Waals surface area contributed by atoms with Crippen LogP contribution in [0.25, 0.3) is 0 Å². The Morgan fingerprint density at radius 3 is 1.52 bits per heavy atom. The second-order valence-electron chi connectivity index (χ2n) is 5.54. The molecule has 0 unspecified atom stereocenters. The molecule has 23 heavy (non-hydrogen) atoms. The van der Waals surface area contributed by atoms with E-state index in [9.17, 15) is 0 Å². The van der Waals surface area contributed by atoms with Crippen molar-refractivity contribution in [1.82, 2.24) is 0 Å². The number of nitrogens with one attached hydrogen (secondary N) is 1. The van der Waals surface area contributed by atoms with Gasteiger partial charge < -0.3 is 0 Å². The van der Waals surface area contributed by atoms with Crippen LogP contribution in [-0.4, -0.2) is 15.6 Å². The Balaban J connectivity index is 2.15. The van der Waals surface area contributed by atoms with Crippen molar-refractivity contribution < 1.29 is 4.74 Å². The monoisotopic (exact) mass is 385 g/mol. The van der Waals surface area contributed by atoms with Crippen LogP contribution in [0.15, 0.2) is 91.0 Å². The molecule has 3 heteroatoms. The molecule has 0 aliphatic rings. The molecular formula is C20H20NPSe. The minimum absolute atomic E-state index is 0.270. The molecule has 0 saturated carbocycles. The second kappa shape index (κ2) is 7.32. The normalized spacial score (nSPS) is 12.6. The van der Waals surface area contributed by atoms with Gasteiger partial charge in [0.1, 0.15) is 0 Å². The van der Waals surface area contributed by atoms with E-state index in [0.717, 1.165) is 0 Å². The Labute approximate surface area is 146 Å². The van der Waals surface area contributed by atoms with Gasteiger partial charge in [0.25, 0.3) is 0 Å². The van der Waals surface area contributed by atoms with Crippen LogP contribution in [0, 0.1) is 0 Å². The van der Waals surface area contributed by atoms with Gasteiger partial charge in [0.15, 0.2) is 0 Å². The predicted molar refractivity (Wildman–Crippen MR) is 101 cm³/mol. The van der Waals surface area contributed by atoms with E-state index in [4.69, 9.17) is 0 Å². The Kier molecular flexibility index (Phi) is 5.18. The molecular weight excluding hydrogens is 364 g/mol. The summed E-state index contributed by atoms with van der Waals surface area (Å²) in [6.07, 6.45) is 0. The molecule has 0 aromatic heterocycles. The van der Waals surface area contributed by atoms with Gasteiger partial charge in [0.05, 0.1) is 0 Å². The molecule has 0 spiro atoms. The molecule has 0 saturated heterocycles. The van der Waals surface area contributed by atoms with Crippen molar-refractivity contribution in [3.05, 3.63) is 96.6 Å². The van der Waals surface area contributed by atoms with Crippen molar-refractivity contribution in [2.75, 3.05) is 0 Å². The molecule has 0 fully saturated rings. The third-order valence-electron chi connectivity index (χ3n) is 3.91. The Morgan fingerprint density at radius 1 is 0.696 bits per heavy atom. The van der Waals surface area contributed by atoms with Crippen LogP contribution in [0.2, 0.25) is 0 Å². The molecule has 0 aliphatic heterocycles. The van der Waals surface area contributed by atoms with Crippen molar-refractivity contribution in [1.29, 1.82) is 0 Å². The van der Waals surface area contributed by atoms with E-state index in [1.807, 2.05) is 0 Å². The zero-order valence-electron chi connectivity index (χ0n) is 13.1. The maximum atomic E-state index is 3.90. The fourth-order valence-electron chi connectivity index (χ4n) is 2.66. The first kappa shape index (κ1) is 16.3. The van der Waals surface area contributed by atoms with Crippen molar-refractivity contribution in [2.45, 2.75) is 13.0 Å². The summed E-state index contributed by atoms with van der Waals surface area (Å²) >= 11 is 3.52. The SMILES string of the molecule is C[C@H]([NH+]=P([Se-])(c1ccccc1)c1ccccc1)c1ccccc1. The van der Waals surface area contributed by atoms with Crippen LogP contribution >= 0.6 is 5.74 Å². The van der Waals surface area contributed by atoms with Crippen LogP contribution in [-0.2, 0) is 0 Å². The summed E-state index contributed by atoms with van der Waals surface area (Å²) in [5, 5.41) is 2.66. The Bertz CT molecular complexity index is 757. The fraction of sp³-hybridized carbons (Fsp3) is 0.100. The van der Waals surface area contributed by atoms with Crippen molar-refractivity contribution >= 4 is 31.9 Å². The first-order valence-corrected chi connectivity index (χ1v) is 11.7. The van der Waals surface area contributed by atoms with Crippen LogP contribution in [0.3, 0.4) is 0 Å². The predicted octanol–water partition coefficient (Wildman–Crippen LogP) is 2.76. The van der Waals surface area contributed by atoms with Crippen LogP contribution in [0.5, 0.6) is 0 Å². The summed E-state index contributed by atoms with van der Waals surface area (Å²) in [4.78, 5) is 0. The minimum atomic E-state index is -1.77. The fourth-order valence-corrected chi connectivity index (χ4v) is 7.67. The van der Waals surface area contributed by atoms with Gasteiger partial charge in [-0.2, -0.15) is 0 Å². The molecule has 3 aromatic carbocycles. The summed E-state index contributed by atoms with van der Waals surface area (Å²) in [5.74, 6) is -1.77. The number of rotatable bonds is 4. The van der Waals surface area contributed by atoms with Crippen LogP contribution in [0.1, 0.15) is 18.5 Å². The molecule has 1 N–H and O–H groups in total. The van der Waals surface area contributed by atoms with E-state index in [1.165, 1.54) is 16.2 Å². The van der Waals surface area contributed by atoms with Crippen molar-refractivity contribution in [3.63, 3.8) is 0 Å². The van der Waals surface area contributed by atoms with Gasteiger partial charge in [-0.05, 0) is 0 Å². The number of hydrogen-bond acceptors (Lipinski definition) is 0. The van der Waals surface area contributed by atoms with E-state index in [-0.39, 0.29) is 6.04 Å². The molecule has 0 radical (unpaired) electrons. The zero-order chi connectivity index (χ0) is 16.1. The summed E-state index contributed by atoms with van der Waals surface area (Å²) in [6.45, 7) is 2.23. The summed E-state index contributed by atoms with van der Waals surface area (Å²) in [7, 11) is 0. The van der Waals surface area contributed by atoms with Gasteiger partial charge in [-0.15, -0.1) is 0 Å². The first-order valence-electron chi connectivity index (χ1n) is 7.74. The molecule has 116 valence electrons. The van der Waals surface area contributed by atoms with Crippen molar-refractivity contribution in [2.24, 2.45) is 0 Å². The number of hydrogen-bond donors (Lipinski definition) is 1. The molecule has 1 nitrogen and oxygen atoms in total. The van der Waals surface area contributed by atoms with Gasteiger partial charge in [-0.1, -0.05) is 0 Å². The molecule has 1 atom stereocenters. The van der Waals surface area contributed by atoms with E-state index in [2.05, 4.69) is 118 Å². The average molecular weight is 384 g/mol. The zero-order valence-corrected chi connectivity index (χ0v) is 15.7. The van der Waals surface area contributed by atoms with Gasteiger partial charge in [-0.3, -0.25) is 0 Å².